The number of phenolic OH excluding ortho intramolecular Hbond substituents is 1. The molecule has 23 heavy (non-hydrogen) atoms. The lowest BCUT2D eigenvalue weighted by Crippen LogP contribution is -2.23. The van der Waals surface area contributed by atoms with Gasteiger partial charge in [0, 0.05) is 12.1 Å². The third-order valence-electron chi connectivity index (χ3n) is 3.38. The molecule has 0 unspecified atom stereocenters. The number of benzene rings is 2. The number of fused-ring (bicyclic) bond motifs is 1. The normalized spacial score (nSPS) is 10.7. The van der Waals surface area contributed by atoms with E-state index in [2.05, 4.69) is 15.5 Å². The molecule has 0 spiro atoms. The number of carbonyl (C=O) groups excluding carboxylic acids is 2. The highest BCUT2D eigenvalue weighted by Gasteiger charge is 2.14. The molecule has 3 aromatic rings. The SMILES string of the molecule is Cc1cc(CNC(=O)C=O)c(O)c(-n2nc3ccccc3n2)c1. The van der Waals surface area contributed by atoms with Gasteiger partial charge in [0.2, 0.25) is 6.29 Å². The van der Waals surface area contributed by atoms with Crippen molar-refractivity contribution < 1.29 is 14.7 Å². The van der Waals surface area contributed by atoms with Gasteiger partial charge >= 0.3 is 0 Å². The number of aromatic nitrogens is 3. The molecule has 7 heteroatoms. The van der Waals surface area contributed by atoms with Gasteiger partial charge in [0.15, 0.2) is 0 Å². The van der Waals surface area contributed by atoms with Crippen molar-refractivity contribution >= 4 is 23.2 Å². The fourth-order valence-corrected chi connectivity index (χ4v) is 2.31. The number of carbonyl (C=O) groups is 2. The minimum atomic E-state index is -0.740. The van der Waals surface area contributed by atoms with Crippen LogP contribution in [0, 0.1) is 6.92 Å². The largest absolute Gasteiger partial charge is 0.505 e. The molecule has 0 aliphatic rings. The third-order valence-corrected chi connectivity index (χ3v) is 3.38. The van der Waals surface area contributed by atoms with Crippen molar-refractivity contribution in [2.24, 2.45) is 0 Å². The first-order valence-electron chi connectivity index (χ1n) is 6.96. The predicted molar refractivity (Wildman–Crippen MR) is 83.2 cm³/mol. The van der Waals surface area contributed by atoms with Crippen LogP contribution < -0.4 is 5.32 Å². The van der Waals surface area contributed by atoms with Crippen LogP contribution in [0.1, 0.15) is 11.1 Å². The maximum atomic E-state index is 11.1. The molecule has 0 aliphatic carbocycles. The summed E-state index contributed by atoms with van der Waals surface area (Å²) in [5, 5.41) is 21.5. The third kappa shape index (κ3) is 2.89. The van der Waals surface area contributed by atoms with Gasteiger partial charge in [-0.1, -0.05) is 18.2 Å². The van der Waals surface area contributed by atoms with Gasteiger partial charge < -0.3 is 10.4 Å². The smallest absolute Gasteiger partial charge is 0.284 e. The summed E-state index contributed by atoms with van der Waals surface area (Å²) in [6, 6.07) is 10.9. The van der Waals surface area contributed by atoms with Crippen molar-refractivity contribution in [3.63, 3.8) is 0 Å². The maximum Gasteiger partial charge on any atom is 0.284 e. The summed E-state index contributed by atoms with van der Waals surface area (Å²) in [5.41, 5.74) is 3.19. The van der Waals surface area contributed by atoms with E-state index < -0.39 is 5.91 Å². The molecular formula is C16H14N4O3. The van der Waals surface area contributed by atoms with E-state index in [-0.39, 0.29) is 18.6 Å². The van der Waals surface area contributed by atoms with Crippen LogP contribution in [0.5, 0.6) is 5.75 Å². The standard InChI is InChI=1S/C16H14N4O3/c1-10-6-11(8-17-15(22)9-21)16(23)14(7-10)20-18-12-4-2-3-5-13(12)19-20/h2-7,9,23H,8H2,1H3,(H,17,22). The second kappa shape index (κ2) is 5.88. The average Bonchev–Trinajstić information content (AvgIpc) is 2.98. The first-order valence-corrected chi connectivity index (χ1v) is 6.96. The Morgan fingerprint density at radius 3 is 2.52 bits per heavy atom. The summed E-state index contributed by atoms with van der Waals surface area (Å²) in [6.45, 7) is 1.90. The van der Waals surface area contributed by atoms with Crippen LogP contribution in [0.15, 0.2) is 36.4 Å². The van der Waals surface area contributed by atoms with Gasteiger partial charge in [-0.05, 0) is 30.7 Å². The lowest BCUT2D eigenvalue weighted by Gasteiger charge is -2.11. The Hall–Kier alpha value is -3.22. The van der Waals surface area contributed by atoms with Gasteiger partial charge in [-0.2, -0.15) is 0 Å². The van der Waals surface area contributed by atoms with Crippen LogP contribution in [0.2, 0.25) is 0 Å². The van der Waals surface area contributed by atoms with Crippen molar-refractivity contribution in [2.75, 3.05) is 0 Å². The molecule has 3 rings (SSSR count). The fraction of sp³-hybridized carbons (Fsp3) is 0.125. The summed E-state index contributed by atoms with van der Waals surface area (Å²) in [4.78, 5) is 22.8. The summed E-state index contributed by atoms with van der Waals surface area (Å²) < 4.78 is 0. The number of hydrogen-bond donors (Lipinski definition) is 2. The van der Waals surface area contributed by atoms with E-state index in [0.29, 0.717) is 22.3 Å². The van der Waals surface area contributed by atoms with Crippen molar-refractivity contribution in [3.8, 4) is 11.4 Å². The topological polar surface area (TPSA) is 97.1 Å². The molecule has 0 aliphatic heterocycles. The Balaban J connectivity index is 2.03. The summed E-state index contributed by atoms with van der Waals surface area (Å²) >= 11 is 0. The van der Waals surface area contributed by atoms with Crippen LogP contribution >= 0.6 is 0 Å². The summed E-state index contributed by atoms with van der Waals surface area (Å²) in [7, 11) is 0. The number of amides is 1. The van der Waals surface area contributed by atoms with Gasteiger partial charge in [-0.15, -0.1) is 15.0 Å². The number of rotatable bonds is 4. The highest BCUT2D eigenvalue weighted by atomic mass is 16.3. The van der Waals surface area contributed by atoms with Crippen LogP contribution in [0.25, 0.3) is 16.7 Å². The zero-order chi connectivity index (χ0) is 16.4. The molecule has 1 amide bonds. The van der Waals surface area contributed by atoms with Crippen molar-refractivity contribution in [3.05, 3.63) is 47.5 Å². The van der Waals surface area contributed by atoms with Crippen LogP contribution in [-0.2, 0) is 16.1 Å². The van der Waals surface area contributed by atoms with Crippen LogP contribution in [0.3, 0.4) is 0 Å². The molecule has 0 fully saturated rings. The number of nitrogens with one attached hydrogen (secondary N) is 1. The molecule has 2 aromatic carbocycles. The van der Waals surface area contributed by atoms with Crippen molar-refractivity contribution in [1.82, 2.24) is 20.3 Å². The Morgan fingerprint density at radius 1 is 1.26 bits per heavy atom. The number of aromatic hydroxyl groups is 1. The minimum Gasteiger partial charge on any atom is -0.505 e. The average molecular weight is 310 g/mol. The lowest BCUT2D eigenvalue weighted by molar-refractivity contribution is -0.131. The molecular weight excluding hydrogens is 296 g/mol. The molecule has 1 aromatic heterocycles. The lowest BCUT2D eigenvalue weighted by atomic mass is 10.1. The molecule has 7 nitrogen and oxygen atoms in total. The monoisotopic (exact) mass is 310 g/mol. The predicted octanol–water partition coefficient (Wildman–Crippen LogP) is 1.25. The number of hydrogen-bond acceptors (Lipinski definition) is 5. The molecule has 0 atom stereocenters. The molecule has 0 radical (unpaired) electrons. The summed E-state index contributed by atoms with van der Waals surface area (Å²) in [5.74, 6) is -0.780. The zero-order valence-electron chi connectivity index (χ0n) is 12.4. The molecule has 1 heterocycles. The number of aryl methyl sites for hydroxylation is 1. The molecule has 0 bridgehead atoms. The van der Waals surface area contributed by atoms with E-state index in [4.69, 9.17) is 0 Å². The highest BCUT2D eigenvalue weighted by molar-refractivity contribution is 6.23. The summed E-state index contributed by atoms with van der Waals surface area (Å²) in [6.07, 6.45) is 0.190. The second-order valence-corrected chi connectivity index (χ2v) is 5.11. The molecule has 116 valence electrons. The van der Waals surface area contributed by atoms with Crippen LogP contribution in [0.4, 0.5) is 0 Å². The number of nitrogens with zero attached hydrogens (tertiary/aromatic N) is 3. The van der Waals surface area contributed by atoms with Crippen LogP contribution in [-0.4, -0.2) is 32.3 Å². The molecule has 0 saturated carbocycles. The fourth-order valence-electron chi connectivity index (χ4n) is 2.31. The van der Waals surface area contributed by atoms with E-state index in [1.54, 1.807) is 12.1 Å². The van der Waals surface area contributed by atoms with Gasteiger partial charge in [-0.25, -0.2) is 0 Å². The first-order chi connectivity index (χ1) is 11.1. The maximum absolute atomic E-state index is 11.1. The van der Waals surface area contributed by atoms with Gasteiger partial charge in [-0.3, -0.25) is 9.59 Å². The Kier molecular flexibility index (Phi) is 3.76. The van der Waals surface area contributed by atoms with Crippen molar-refractivity contribution in [1.29, 1.82) is 0 Å². The van der Waals surface area contributed by atoms with E-state index in [0.717, 1.165) is 5.56 Å². The van der Waals surface area contributed by atoms with Gasteiger partial charge in [0.05, 0.1) is 0 Å². The Labute approximate surface area is 131 Å². The van der Waals surface area contributed by atoms with E-state index in [1.165, 1.54) is 4.80 Å². The van der Waals surface area contributed by atoms with Gasteiger partial charge in [0.1, 0.15) is 22.5 Å². The zero-order valence-corrected chi connectivity index (χ0v) is 12.4. The van der Waals surface area contributed by atoms with E-state index in [9.17, 15) is 14.7 Å². The Bertz CT molecular complexity index is 868. The quantitative estimate of drug-likeness (QED) is 0.558. The first kappa shape index (κ1) is 14.7. The van der Waals surface area contributed by atoms with E-state index >= 15 is 0 Å². The molecule has 0 saturated heterocycles. The number of aldehydes is 1. The highest BCUT2D eigenvalue weighted by Crippen LogP contribution is 2.27. The number of phenols is 1. The van der Waals surface area contributed by atoms with E-state index in [1.807, 2.05) is 31.2 Å². The van der Waals surface area contributed by atoms with Gasteiger partial charge in [0.25, 0.3) is 5.91 Å². The minimum absolute atomic E-state index is 0.0397. The second-order valence-electron chi connectivity index (χ2n) is 5.11. The van der Waals surface area contributed by atoms with Crippen molar-refractivity contribution in [2.45, 2.75) is 13.5 Å². The Morgan fingerprint density at radius 2 is 1.91 bits per heavy atom. The molecule has 2 N–H and O–H groups in total.